The van der Waals surface area contributed by atoms with Crippen LogP contribution in [0, 0.1) is 0 Å². The average Bonchev–Trinajstić information content (AvgIpc) is 3.09. The molecule has 7 heteroatoms. The molecular formula is C14H18N4OS2. The zero-order chi connectivity index (χ0) is 14.7. The number of carbonyl (C=O) groups excluding carboxylic acids is 1. The van der Waals surface area contributed by atoms with Gasteiger partial charge in [-0.2, -0.15) is 11.3 Å². The predicted molar refractivity (Wildman–Crippen MR) is 86.9 cm³/mol. The van der Waals surface area contributed by atoms with Gasteiger partial charge in [-0.1, -0.05) is 24.2 Å². The Hall–Kier alpha value is -1.47. The highest BCUT2D eigenvalue weighted by atomic mass is 32.1. The monoisotopic (exact) mass is 322 g/mol. The molecule has 0 aliphatic carbocycles. The van der Waals surface area contributed by atoms with Gasteiger partial charge in [0.05, 0.1) is 0 Å². The quantitative estimate of drug-likeness (QED) is 0.907. The van der Waals surface area contributed by atoms with Gasteiger partial charge in [0.2, 0.25) is 5.13 Å². The summed E-state index contributed by atoms with van der Waals surface area (Å²) < 4.78 is 0. The number of hydrogen-bond acceptors (Lipinski definition) is 5. The molecule has 2 aromatic heterocycles. The van der Waals surface area contributed by atoms with Crippen LogP contribution in [0.5, 0.6) is 0 Å². The van der Waals surface area contributed by atoms with Crippen LogP contribution in [0.15, 0.2) is 16.8 Å². The molecule has 0 spiro atoms. The molecule has 0 saturated carbocycles. The Morgan fingerprint density at radius 3 is 3.10 bits per heavy atom. The van der Waals surface area contributed by atoms with Crippen molar-refractivity contribution in [3.8, 4) is 10.6 Å². The number of anilines is 1. The SMILES string of the molecule is CC1CCCCCN1C(=O)Nc1nnc(-c2ccsc2)s1. The third-order valence-electron chi connectivity index (χ3n) is 3.72. The molecule has 1 unspecified atom stereocenters. The van der Waals surface area contributed by atoms with Gasteiger partial charge >= 0.3 is 6.03 Å². The summed E-state index contributed by atoms with van der Waals surface area (Å²) in [6.45, 7) is 2.94. The van der Waals surface area contributed by atoms with Gasteiger partial charge in [-0.25, -0.2) is 4.79 Å². The molecule has 21 heavy (non-hydrogen) atoms. The number of nitrogens with one attached hydrogen (secondary N) is 1. The van der Waals surface area contributed by atoms with Crippen molar-refractivity contribution in [2.24, 2.45) is 0 Å². The zero-order valence-electron chi connectivity index (χ0n) is 11.9. The van der Waals surface area contributed by atoms with E-state index < -0.39 is 0 Å². The summed E-state index contributed by atoms with van der Waals surface area (Å²) in [5, 5.41) is 16.5. The van der Waals surface area contributed by atoms with E-state index in [0.29, 0.717) is 5.13 Å². The molecule has 1 N–H and O–H groups in total. The Balaban J connectivity index is 1.67. The van der Waals surface area contributed by atoms with Crippen LogP contribution in [0.25, 0.3) is 10.6 Å². The van der Waals surface area contributed by atoms with Crippen molar-refractivity contribution < 1.29 is 4.79 Å². The van der Waals surface area contributed by atoms with Crippen LogP contribution in [0.3, 0.4) is 0 Å². The highest BCUT2D eigenvalue weighted by molar-refractivity contribution is 7.19. The van der Waals surface area contributed by atoms with Crippen molar-refractivity contribution in [3.63, 3.8) is 0 Å². The van der Waals surface area contributed by atoms with E-state index in [1.807, 2.05) is 21.7 Å². The number of hydrogen-bond donors (Lipinski definition) is 1. The van der Waals surface area contributed by atoms with Crippen molar-refractivity contribution in [2.75, 3.05) is 11.9 Å². The number of thiophene rings is 1. The molecule has 1 aliphatic heterocycles. The summed E-state index contributed by atoms with van der Waals surface area (Å²) in [5.74, 6) is 0. The number of urea groups is 1. The van der Waals surface area contributed by atoms with Crippen LogP contribution >= 0.6 is 22.7 Å². The van der Waals surface area contributed by atoms with E-state index in [9.17, 15) is 4.79 Å². The fourth-order valence-electron chi connectivity index (χ4n) is 2.52. The summed E-state index contributed by atoms with van der Waals surface area (Å²) in [4.78, 5) is 14.3. The van der Waals surface area contributed by atoms with Crippen molar-refractivity contribution >= 4 is 33.8 Å². The van der Waals surface area contributed by atoms with E-state index in [1.165, 1.54) is 24.2 Å². The summed E-state index contributed by atoms with van der Waals surface area (Å²) >= 11 is 3.04. The summed E-state index contributed by atoms with van der Waals surface area (Å²) in [5.41, 5.74) is 1.06. The van der Waals surface area contributed by atoms with Gasteiger partial charge in [-0.05, 0) is 31.2 Å². The number of carbonyl (C=O) groups is 1. The highest BCUT2D eigenvalue weighted by Crippen LogP contribution is 2.28. The standard InChI is InChI=1S/C14H18N4OS2/c1-10-5-3-2-4-7-18(10)14(19)15-13-17-16-12(21-13)11-6-8-20-9-11/h6,8-10H,2-5,7H2,1H3,(H,15,17,19). The molecule has 5 nitrogen and oxygen atoms in total. The molecule has 2 amide bonds. The first-order valence-corrected chi connectivity index (χ1v) is 8.93. The van der Waals surface area contributed by atoms with Gasteiger partial charge in [0.25, 0.3) is 0 Å². The summed E-state index contributed by atoms with van der Waals surface area (Å²) in [6, 6.07) is 2.24. The molecule has 3 heterocycles. The molecule has 1 atom stereocenters. The molecular weight excluding hydrogens is 304 g/mol. The Morgan fingerprint density at radius 2 is 2.29 bits per heavy atom. The lowest BCUT2D eigenvalue weighted by Gasteiger charge is -2.26. The second kappa shape index (κ2) is 6.53. The molecule has 0 radical (unpaired) electrons. The zero-order valence-corrected chi connectivity index (χ0v) is 13.5. The Morgan fingerprint density at radius 1 is 1.38 bits per heavy atom. The second-order valence-electron chi connectivity index (χ2n) is 5.25. The third kappa shape index (κ3) is 3.41. The van der Waals surface area contributed by atoms with Crippen LogP contribution < -0.4 is 5.32 Å². The largest absolute Gasteiger partial charge is 0.323 e. The number of likely N-dealkylation sites (tertiary alicyclic amines) is 1. The van der Waals surface area contributed by atoms with Crippen molar-refractivity contribution in [1.82, 2.24) is 15.1 Å². The highest BCUT2D eigenvalue weighted by Gasteiger charge is 2.22. The van der Waals surface area contributed by atoms with Gasteiger partial charge in [0.1, 0.15) is 5.01 Å². The molecule has 1 fully saturated rings. The van der Waals surface area contributed by atoms with Crippen LogP contribution in [0.1, 0.15) is 32.6 Å². The minimum Gasteiger partial charge on any atom is -0.322 e. The number of rotatable bonds is 2. The lowest BCUT2D eigenvalue weighted by molar-refractivity contribution is 0.194. The molecule has 3 rings (SSSR count). The molecule has 2 aromatic rings. The molecule has 112 valence electrons. The number of amides is 2. The predicted octanol–water partition coefficient (Wildman–Crippen LogP) is 4.06. The Labute approximate surface area is 132 Å². The van der Waals surface area contributed by atoms with Crippen molar-refractivity contribution in [2.45, 2.75) is 38.6 Å². The summed E-state index contributed by atoms with van der Waals surface area (Å²) in [7, 11) is 0. The molecule has 0 aromatic carbocycles. The van der Waals surface area contributed by atoms with E-state index in [-0.39, 0.29) is 12.1 Å². The second-order valence-corrected chi connectivity index (χ2v) is 7.00. The van der Waals surface area contributed by atoms with Crippen LogP contribution in [-0.4, -0.2) is 33.7 Å². The fraction of sp³-hybridized carbons (Fsp3) is 0.500. The van der Waals surface area contributed by atoms with Crippen LogP contribution in [0.2, 0.25) is 0 Å². The molecule has 1 saturated heterocycles. The van der Waals surface area contributed by atoms with Gasteiger partial charge in [0.15, 0.2) is 0 Å². The first-order chi connectivity index (χ1) is 10.2. The van der Waals surface area contributed by atoms with E-state index in [0.717, 1.165) is 30.0 Å². The first-order valence-electron chi connectivity index (χ1n) is 7.18. The van der Waals surface area contributed by atoms with Crippen LogP contribution in [0.4, 0.5) is 9.93 Å². The van der Waals surface area contributed by atoms with Gasteiger partial charge in [-0.3, -0.25) is 5.32 Å². The first kappa shape index (κ1) is 14.5. The van der Waals surface area contributed by atoms with E-state index >= 15 is 0 Å². The lowest BCUT2D eigenvalue weighted by atomic mass is 10.1. The summed E-state index contributed by atoms with van der Waals surface area (Å²) in [6.07, 6.45) is 4.55. The van der Waals surface area contributed by atoms with Crippen molar-refractivity contribution in [1.29, 1.82) is 0 Å². The maximum atomic E-state index is 12.4. The average molecular weight is 322 g/mol. The minimum absolute atomic E-state index is 0.0579. The topological polar surface area (TPSA) is 58.1 Å². The number of nitrogens with zero attached hydrogens (tertiary/aromatic N) is 3. The lowest BCUT2D eigenvalue weighted by Crippen LogP contribution is -2.41. The van der Waals surface area contributed by atoms with Crippen molar-refractivity contribution in [3.05, 3.63) is 16.8 Å². The molecule has 1 aliphatic rings. The maximum absolute atomic E-state index is 12.4. The normalized spacial score (nSPS) is 19.3. The van der Waals surface area contributed by atoms with E-state index in [1.54, 1.807) is 11.3 Å². The fourth-order valence-corrected chi connectivity index (χ4v) is 3.96. The van der Waals surface area contributed by atoms with Gasteiger partial charge < -0.3 is 4.90 Å². The third-order valence-corrected chi connectivity index (χ3v) is 5.29. The smallest absolute Gasteiger partial charge is 0.322 e. The van der Waals surface area contributed by atoms with Gasteiger partial charge in [0, 0.05) is 23.5 Å². The van der Waals surface area contributed by atoms with Crippen LogP contribution in [-0.2, 0) is 0 Å². The van der Waals surface area contributed by atoms with E-state index in [4.69, 9.17) is 0 Å². The van der Waals surface area contributed by atoms with Gasteiger partial charge in [-0.15, -0.1) is 10.2 Å². The maximum Gasteiger partial charge on any atom is 0.323 e. The van der Waals surface area contributed by atoms with E-state index in [2.05, 4.69) is 22.4 Å². The minimum atomic E-state index is -0.0579. The number of aromatic nitrogens is 2. The Bertz CT molecular complexity index is 596. The Kier molecular flexibility index (Phi) is 4.50. The molecule has 0 bridgehead atoms.